The highest BCUT2D eigenvalue weighted by Crippen LogP contribution is 2.33. The molecule has 1 heterocycles. The lowest BCUT2D eigenvalue weighted by atomic mass is 9.85. The normalized spacial score (nSPS) is 22.7. The van der Waals surface area contributed by atoms with Crippen molar-refractivity contribution < 1.29 is 9.18 Å². The van der Waals surface area contributed by atoms with Crippen molar-refractivity contribution in [2.24, 2.45) is 0 Å². The third-order valence-electron chi connectivity index (χ3n) is 3.47. The zero-order valence-corrected chi connectivity index (χ0v) is 11.0. The van der Waals surface area contributed by atoms with Crippen molar-refractivity contribution in [3.05, 3.63) is 46.9 Å². The van der Waals surface area contributed by atoms with Crippen LogP contribution in [-0.4, -0.2) is 10.9 Å². The summed E-state index contributed by atoms with van der Waals surface area (Å²) in [5.41, 5.74) is 2.31. The van der Waals surface area contributed by atoms with E-state index in [0.29, 0.717) is 17.1 Å². The number of thiocarbonyl (C=S) groups is 1. The summed E-state index contributed by atoms with van der Waals surface area (Å²) in [5, 5.41) is 6.60. The molecule has 19 heavy (non-hydrogen) atoms. The molecule has 3 rings (SSSR count). The second-order valence-electron chi connectivity index (χ2n) is 4.76. The number of allylic oxidation sites excluding steroid dienone is 1. The molecule has 1 aromatic carbocycles. The Labute approximate surface area is 115 Å². The average Bonchev–Trinajstić information content (AvgIpc) is 2.37. The first-order valence-corrected chi connectivity index (χ1v) is 6.65. The molecule has 1 aliphatic heterocycles. The van der Waals surface area contributed by atoms with Crippen LogP contribution in [0.15, 0.2) is 35.5 Å². The Morgan fingerprint density at radius 2 is 2.16 bits per heavy atom. The highest BCUT2D eigenvalue weighted by molar-refractivity contribution is 7.80. The molecule has 0 fully saturated rings. The molecular weight excluding hydrogens is 263 g/mol. The van der Waals surface area contributed by atoms with Crippen molar-refractivity contribution in [3.63, 3.8) is 0 Å². The van der Waals surface area contributed by atoms with Crippen LogP contribution >= 0.6 is 12.2 Å². The summed E-state index contributed by atoms with van der Waals surface area (Å²) in [5.74, 6) is -0.202. The lowest BCUT2D eigenvalue weighted by Crippen LogP contribution is -2.46. The molecule has 98 valence electrons. The molecule has 0 saturated carbocycles. The third-order valence-corrected chi connectivity index (χ3v) is 3.69. The van der Waals surface area contributed by atoms with E-state index in [1.54, 1.807) is 12.1 Å². The Morgan fingerprint density at radius 1 is 1.32 bits per heavy atom. The molecule has 1 aromatic rings. The number of carbonyl (C=O) groups excluding carboxylic acids is 1. The number of ketones is 1. The fourth-order valence-electron chi connectivity index (χ4n) is 2.64. The quantitative estimate of drug-likeness (QED) is 0.773. The van der Waals surface area contributed by atoms with Crippen molar-refractivity contribution in [1.29, 1.82) is 0 Å². The molecule has 0 spiro atoms. The Bertz CT molecular complexity index is 597. The largest absolute Gasteiger partial charge is 0.351 e. The van der Waals surface area contributed by atoms with Gasteiger partial charge in [0.25, 0.3) is 0 Å². The Balaban J connectivity index is 2.08. The summed E-state index contributed by atoms with van der Waals surface area (Å²) in [4.78, 5) is 12.1. The van der Waals surface area contributed by atoms with Crippen LogP contribution in [-0.2, 0) is 4.79 Å². The van der Waals surface area contributed by atoms with Gasteiger partial charge in [-0.05, 0) is 42.8 Å². The zero-order valence-electron chi connectivity index (χ0n) is 10.2. The molecule has 0 amide bonds. The van der Waals surface area contributed by atoms with Crippen molar-refractivity contribution in [1.82, 2.24) is 10.6 Å². The van der Waals surface area contributed by atoms with Crippen molar-refractivity contribution in [2.45, 2.75) is 25.3 Å². The highest BCUT2D eigenvalue weighted by atomic mass is 32.1. The van der Waals surface area contributed by atoms with E-state index in [2.05, 4.69) is 10.6 Å². The maximum atomic E-state index is 13.4. The van der Waals surface area contributed by atoms with E-state index in [4.69, 9.17) is 12.2 Å². The van der Waals surface area contributed by atoms with E-state index in [9.17, 15) is 9.18 Å². The van der Waals surface area contributed by atoms with Gasteiger partial charge in [-0.2, -0.15) is 0 Å². The Morgan fingerprint density at radius 3 is 2.95 bits per heavy atom. The van der Waals surface area contributed by atoms with Gasteiger partial charge >= 0.3 is 0 Å². The first kappa shape index (κ1) is 12.3. The van der Waals surface area contributed by atoms with Gasteiger partial charge in [-0.3, -0.25) is 4.79 Å². The molecule has 0 saturated heterocycles. The van der Waals surface area contributed by atoms with Gasteiger partial charge < -0.3 is 10.6 Å². The van der Waals surface area contributed by atoms with Crippen LogP contribution in [0.5, 0.6) is 0 Å². The van der Waals surface area contributed by atoms with Crippen LogP contribution in [0.4, 0.5) is 4.39 Å². The van der Waals surface area contributed by atoms with Crippen LogP contribution in [0.2, 0.25) is 0 Å². The van der Waals surface area contributed by atoms with Gasteiger partial charge in [-0.15, -0.1) is 0 Å². The van der Waals surface area contributed by atoms with Crippen molar-refractivity contribution in [2.75, 3.05) is 0 Å². The first-order chi connectivity index (χ1) is 9.15. The molecular formula is C14H13FN2OS. The van der Waals surface area contributed by atoms with Crippen LogP contribution in [0.1, 0.15) is 30.9 Å². The molecule has 0 aromatic heterocycles. The lowest BCUT2D eigenvalue weighted by molar-refractivity contribution is -0.116. The van der Waals surface area contributed by atoms with Crippen LogP contribution in [0.25, 0.3) is 0 Å². The van der Waals surface area contributed by atoms with Gasteiger partial charge in [-0.1, -0.05) is 12.1 Å². The number of rotatable bonds is 1. The minimum atomic E-state index is -0.341. The smallest absolute Gasteiger partial charge is 0.171 e. The van der Waals surface area contributed by atoms with Crippen molar-refractivity contribution in [3.8, 4) is 0 Å². The fourth-order valence-corrected chi connectivity index (χ4v) is 2.88. The van der Waals surface area contributed by atoms with E-state index in [-0.39, 0.29) is 17.6 Å². The lowest BCUT2D eigenvalue weighted by Gasteiger charge is -2.33. The highest BCUT2D eigenvalue weighted by Gasteiger charge is 2.33. The second-order valence-corrected chi connectivity index (χ2v) is 5.16. The van der Waals surface area contributed by atoms with Gasteiger partial charge in [0.1, 0.15) is 5.82 Å². The summed E-state index contributed by atoms with van der Waals surface area (Å²) in [6.45, 7) is 0. The summed E-state index contributed by atoms with van der Waals surface area (Å²) in [6.07, 6.45) is 2.19. The molecule has 0 radical (unpaired) electrons. The van der Waals surface area contributed by atoms with Crippen LogP contribution < -0.4 is 10.6 Å². The molecule has 0 bridgehead atoms. The number of nitrogens with one attached hydrogen (secondary N) is 2. The molecule has 1 aliphatic carbocycles. The molecule has 1 atom stereocenters. The Hall–Kier alpha value is -1.75. The van der Waals surface area contributed by atoms with Gasteiger partial charge in [0.2, 0.25) is 0 Å². The summed E-state index contributed by atoms with van der Waals surface area (Å²) in [6, 6.07) is 5.94. The minimum absolute atomic E-state index is 0.109. The first-order valence-electron chi connectivity index (χ1n) is 6.24. The SMILES string of the molecule is O=C1CCCC2=C1C(c1cccc(F)c1)NC(=S)N2. The maximum absolute atomic E-state index is 13.4. The number of Topliss-reactive ketones (excluding diaryl/α,β-unsaturated/α-hetero) is 1. The molecule has 3 nitrogen and oxygen atoms in total. The summed E-state index contributed by atoms with van der Waals surface area (Å²) in [7, 11) is 0. The Kier molecular flexibility index (Phi) is 3.06. The van der Waals surface area contributed by atoms with Gasteiger partial charge in [0.05, 0.1) is 6.04 Å². The molecule has 1 unspecified atom stereocenters. The van der Waals surface area contributed by atoms with E-state index >= 15 is 0 Å². The van der Waals surface area contributed by atoms with Gasteiger partial charge in [-0.25, -0.2) is 4.39 Å². The van der Waals surface area contributed by atoms with E-state index < -0.39 is 0 Å². The molecule has 2 N–H and O–H groups in total. The topological polar surface area (TPSA) is 41.1 Å². The zero-order chi connectivity index (χ0) is 13.4. The minimum Gasteiger partial charge on any atom is -0.351 e. The monoisotopic (exact) mass is 276 g/mol. The standard InChI is InChI=1S/C14H13FN2OS/c15-9-4-1-3-8(7-9)13-12-10(16-14(19)17-13)5-2-6-11(12)18/h1,3-4,7,13H,2,5-6H2,(H2,16,17,19). The van der Waals surface area contributed by atoms with E-state index in [1.165, 1.54) is 12.1 Å². The van der Waals surface area contributed by atoms with Crippen molar-refractivity contribution >= 4 is 23.1 Å². The third kappa shape index (κ3) is 2.26. The summed E-state index contributed by atoms with van der Waals surface area (Å²) >= 11 is 5.16. The number of carbonyl (C=O) groups is 1. The van der Waals surface area contributed by atoms with Crippen LogP contribution in [0.3, 0.4) is 0 Å². The number of hydrogen-bond acceptors (Lipinski definition) is 2. The number of benzene rings is 1. The average molecular weight is 276 g/mol. The number of hydrogen-bond donors (Lipinski definition) is 2. The van der Waals surface area contributed by atoms with Crippen LogP contribution in [0, 0.1) is 5.82 Å². The molecule has 2 aliphatic rings. The molecule has 5 heteroatoms. The predicted octanol–water partition coefficient (Wildman–Crippen LogP) is 2.35. The van der Waals surface area contributed by atoms with E-state index in [1.807, 2.05) is 0 Å². The van der Waals surface area contributed by atoms with E-state index in [0.717, 1.165) is 24.1 Å². The fraction of sp³-hybridized carbons (Fsp3) is 0.286. The second kappa shape index (κ2) is 4.74. The predicted molar refractivity (Wildman–Crippen MR) is 73.9 cm³/mol. The van der Waals surface area contributed by atoms with Gasteiger partial charge in [0.15, 0.2) is 10.9 Å². The maximum Gasteiger partial charge on any atom is 0.171 e. The summed E-state index contributed by atoms with van der Waals surface area (Å²) < 4.78 is 13.4. The number of halogens is 1. The van der Waals surface area contributed by atoms with Gasteiger partial charge in [0, 0.05) is 17.7 Å².